The van der Waals surface area contributed by atoms with Gasteiger partial charge in [-0.05, 0) is 47.5 Å². The number of esters is 1. The molecule has 0 aliphatic carbocycles. The molecule has 8 heteroatoms. The van der Waals surface area contributed by atoms with Gasteiger partial charge in [-0.2, -0.15) is 9.50 Å². The lowest BCUT2D eigenvalue weighted by molar-refractivity contribution is -0.131. The van der Waals surface area contributed by atoms with E-state index in [0.29, 0.717) is 26.1 Å². The molecule has 0 unspecified atom stereocenters. The van der Waals surface area contributed by atoms with Gasteiger partial charge in [0.25, 0.3) is 5.56 Å². The Balaban J connectivity index is 1.63. The summed E-state index contributed by atoms with van der Waals surface area (Å²) in [5.41, 5.74) is 1.45. The summed E-state index contributed by atoms with van der Waals surface area (Å²) in [6, 6.07) is 14.3. The molecule has 0 bridgehead atoms. The van der Waals surface area contributed by atoms with Crippen molar-refractivity contribution < 1.29 is 9.53 Å². The zero-order valence-corrected chi connectivity index (χ0v) is 16.8. The van der Waals surface area contributed by atoms with E-state index in [-0.39, 0.29) is 5.56 Å². The summed E-state index contributed by atoms with van der Waals surface area (Å²) in [6.45, 7) is 1.34. The van der Waals surface area contributed by atoms with Crippen LogP contribution in [0.1, 0.15) is 23.9 Å². The van der Waals surface area contributed by atoms with Crippen LogP contribution in [0.3, 0.4) is 0 Å². The zero-order chi connectivity index (χ0) is 20.4. The van der Waals surface area contributed by atoms with E-state index in [2.05, 4.69) is 10.1 Å². The maximum atomic E-state index is 12.6. The van der Waals surface area contributed by atoms with Crippen LogP contribution >= 0.6 is 22.9 Å². The van der Waals surface area contributed by atoms with Crippen LogP contribution in [0.25, 0.3) is 23.2 Å². The van der Waals surface area contributed by atoms with Gasteiger partial charge in [0.15, 0.2) is 5.82 Å². The predicted octanol–water partition coefficient (Wildman–Crippen LogP) is 3.45. The molecule has 0 radical (unpaired) electrons. The molecule has 0 aliphatic rings. The van der Waals surface area contributed by atoms with Crippen molar-refractivity contribution in [3.63, 3.8) is 0 Å². The summed E-state index contributed by atoms with van der Waals surface area (Å²) in [5, 5.41) is 4.93. The van der Waals surface area contributed by atoms with Crippen LogP contribution < -0.4 is 14.8 Å². The Morgan fingerprint density at radius 2 is 1.93 bits per heavy atom. The van der Waals surface area contributed by atoms with Crippen molar-refractivity contribution >= 4 is 52.1 Å². The van der Waals surface area contributed by atoms with Gasteiger partial charge in [0.05, 0.1) is 4.53 Å². The van der Waals surface area contributed by atoms with Gasteiger partial charge in [-0.15, -0.1) is 5.10 Å². The fraction of sp³-hybridized carbons (Fsp3) is 0.0476. The zero-order valence-electron chi connectivity index (χ0n) is 15.2. The highest BCUT2D eigenvalue weighted by molar-refractivity contribution is 7.15. The highest BCUT2D eigenvalue weighted by Crippen LogP contribution is 2.15. The molecular weight excluding hydrogens is 410 g/mol. The number of hydrogen-bond donors (Lipinski definition) is 0. The number of ether oxygens (including phenoxy) is 1. The van der Waals surface area contributed by atoms with Crippen LogP contribution in [-0.4, -0.2) is 20.6 Å². The van der Waals surface area contributed by atoms with Crippen molar-refractivity contribution in [2.45, 2.75) is 6.92 Å². The van der Waals surface area contributed by atoms with Crippen molar-refractivity contribution in [3.05, 3.63) is 85.4 Å². The van der Waals surface area contributed by atoms with E-state index < -0.39 is 5.97 Å². The standard InChI is InChI=1S/C21H14ClN3O3S/c1-13(26)28-17-4-2-3-15(11-17)12-18-20(27)25-21(29-18)23-19(24-25)10-7-14-5-8-16(22)9-6-14/h2-12H,1H3/b10-7+,18-12-. The minimum atomic E-state index is -0.398. The number of rotatable bonds is 4. The fourth-order valence-corrected chi connectivity index (χ4v) is 3.69. The topological polar surface area (TPSA) is 73.6 Å². The molecule has 0 saturated heterocycles. The van der Waals surface area contributed by atoms with E-state index in [0.717, 1.165) is 11.1 Å². The molecule has 4 aromatic rings. The van der Waals surface area contributed by atoms with Crippen molar-refractivity contribution in [1.29, 1.82) is 0 Å². The summed E-state index contributed by atoms with van der Waals surface area (Å²) in [4.78, 5) is 28.6. The molecule has 2 heterocycles. The Morgan fingerprint density at radius 3 is 2.66 bits per heavy atom. The minimum absolute atomic E-state index is 0.249. The van der Waals surface area contributed by atoms with Crippen molar-refractivity contribution in [2.24, 2.45) is 0 Å². The van der Waals surface area contributed by atoms with Gasteiger partial charge < -0.3 is 4.74 Å². The molecule has 0 aliphatic heterocycles. The molecule has 0 saturated carbocycles. The quantitative estimate of drug-likeness (QED) is 0.371. The number of carbonyl (C=O) groups excluding carboxylic acids is 1. The highest BCUT2D eigenvalue weighted by Gasteiger charge is 2.09. The van der Waals surface area contributed by atoms with Gasteiger partial charge in [0, 0.05) is 11.9 Å². The molecule has 6 nitrogen and oxygen atoms in total. The Hall–Kier alpha value is -3.29. The SMILES string of the molecule is CC(=O)Oc1cccc(/C=c2\sc3nc(/C=C/c4ccc(Cl)cc4)nn3c2=O)c1. The number of thiazole rings is 1. The van der Waals surface area contributed by atoms with E-state index in [9.17, 15) is 9.59 Å². The molecule has 4 rings (SSSR count). The first-order valence-corrected chi connectivity index (χ1v) is 9.81. The van der Waals surface area contributed by atoms with Gasteiger partial charge in [-0.1, -0.05) is 53.3 Å². The molecule has 144 valence electrons. The van der Waals surface area contributed by atoms with Crippen LogP contribution in [-0.2, 0) is 4.79 Å². The van der Waals surface area contributed by atoms with Gasteiger partial charge in [0.1, 0.15) is 5.75 Å². The second-order valence-electron chi connectivity index (χ2n) is 6.13. The molecule has 0 atom stereocenters. The summed E-state index contributed by atoms with van der Waals surface area (Å²) in [6.07, 6.45) is 5.32. The maximum absolute atomic E-state index is 12.6. The number of halogens is 1. The number of benzene rings is 2. The van der Waals surface area contributed by atoms with Crippen LogP contribution in [0.2, 0.25) is 5.02 Å². The van der Waals surface area contributed by atoms with E-state index in [1.165, 1.54) is 22.8 Å². The van der Waals surface area contributed by atoms with Crippen molar-refractivity contribution in [3.8, 4) is 5.75 Å². The van der Waals surface area contributed by atoms with Gasteiger partial charge in [-0.3, -0.25) is 9.59 Å². The lowest BCUT2D eigenvalue weighted by Crippen LogP contribution is -2.23. The number of hydrogen-bond acceptors (Lipinski definition) is 6. The van der Waals surface area contributed by atoms with E-state index in [4.69, 9.17) is 16.3 Å². The summed E-state index contributed by atoms with van der Waals surface area (Å²) in [5.74, 6) is 0.476. The lowest BCUT2D eigenvalue weighted by atomic mass is 10.2. The Morgan fingerprint density at radius 1 is 1.14 bits per heavy atom. The fourth-order valence-electron chi connectivity index (χ4n) is 2.65. The average Bonchev–Trinajstić information content (AvgIpc) is 3.20. The molecule has 29 heavy (non-hydrogen) atoms. The molecule has 0 fully saturated rings. The first-order valence-electron chi connectivity index (χ1n) is 8.61. The minimum Gasteiger partial charge on any atom is -0.427 e. The summed E-state index contributed by atoms with van der Waals surface area (Å²) in [7, 11) is 0. The third-order valence-electron chi connectivity index (χ3n) is 3.91. The second-order valence-corrected chi connectivity index (χ2v) is 7.58. The second kappa shape index (κ2) is 7.98. The molecule has 0 amide bonds. The predicted molar refractivity (Wildman–Crippen MR) is 114 cm³/mol. The Kier molecular flexibility index (Phi) is 5.24. The summed E-state index contributed by atoms with van der Waals surface area (Å²) >= 11 is 7.12. The van der Waals surface area contributed by atoms with E-state index >= 15 is 0 Å². The van der Waals surface area contributed by atoms with Crippen LogP contribution in [0, 0.1) is 0 Å². The van der Waals surface area contributed by atoms with Crippen LogP contribution in [0.5, 0.6) is 5.75 Å². The van der Waals surface area contributed by atoms with Crippen LogP contribution in [0.15, 0.2) is 53.3 Å². The molecule has 2 aromatic carbocycles. The Bertz CT molecular complexity index is 1340. The van der Waals surface area contributed by atoms with E-state index in [1.54, 1.807) is 42.5 Å². The van der Waals surface area contributed by atoms with Crippen molar-refractivity contribution in [2.75, 3.05) is 0 Å². The number of aromatic nitrogens is 3. The van der Waals surface area contributed by atoms with Gasteiger partial charge in [-0.25, -0.2) is 0 Å². The van der Waals surface area contributed by atoms with Crippen molar-refractivity contribution in [1.82, 2.24) is 14.6 Å². The first kappa shape index (κ1) is 19.0. The molecule has 0 N–H and O–H groups in total. The largest absolute Gasteiger partial charge is 0.427 e. The smallest absolute Gasteiger partial charge is 0.308 e. The maximum Gasteiger partial charge on any atom is 0.308 e. The monoisotopic (exact) mass is 423 g/mol. The average molecular weight is 424 g/mol. The lowest BCUT2D eigenvalue weighted by Gasteiger charge is -2.01. The van der Waals surface area contributed by atoms with Crippen LogP contribution in [0.4, 0.5) is 0 Å². The number of carbonyl (C=O) groups is 1. The highest BCUT2D eigenvalue weighted by atomic mass is 35.5. The third kappa shape index (κ3) is 4.42. The van der Waals surface area contributed by atoms with E-state index in [1.807, 2.05) is 24.3 Å². The summed E-state index contributed by atoms with van der Waals surface area (Å²) < 4.78 is 6.85. The third-order valence-corrected chi connectivity index (χ3v) is 5.12. The molecule has 0 spiro atoms. The number of nitrogens with zero attached hydrogens (tertiary/aromatic N) is 3. The normalized spacial score (nSPS) is 12.1. The molecule has 2 aromatic heterocycles. The Labute approximate surface area is 174 Å². The van der Waals surface area contributed by atoms with Gasteiger partial charge >= 0.3 is 5.97 Å². The first-order chi connectivity index (χ1) is 14.0. The van der Waals surface area contributed by atoms with Gasteiger partial charge in [0.2, 0.25) is 4.96 Å². The number of fused-ring (bicyclic) bond motifs is 1. The molecular formula is C21H14ClN3O3S.